The summed E-state index contributed by atoms with van der Waals surface area (Å²) in [5.74, 6) is 0.124. The fraction of sp³-hybridized carbons (Fsp3) is 0.214. The third-order valence-electron chi connectivity index (χ3n) is 5.81. The Kier molecular flexibility index (Phi) is 5.95. The smallest absolute Gasteiger partial charge is 0.282 e. The number of carbonyl (C=O) groups excluding carboxylic acids is 2. The van der Waals surface area contributed by atoms with Gasteiger partial charge in [-0.25, -0.2) is 4.90 Å². The maximum atomic E-state index is 13.5. The van der Waals surface area contributed by atoms with Gasteiger partial charge in [-0.2, -0.15) is 0 Å². The first kappa shape index (κ1) is 21.6. The Morgan fingerprint density at radius 1 is 0.656 bits per heavy atom. The standard InChI is InChI=1S/C28H28N2O2/c1-18(2)20-10-14-23(15-11-20)29-26-25(22-8-6-5-7-9-22)27(31)30(28(26)32)24-16-12-21(13-17-24)19(3)4/h5-19,29H,1-4H3. The molecule has 4 rings (SSSR count). The van der Waals surface area contributed by atoms with Crippen LogP contribution in [0.3, 0.4) is 0 Å². The molecule has 3 aromatic rings. The summed E-state index contributed by atoms with van der Waals surface area (Å²) < 4.78 is 0. The molecule has 0 fully saturated rings. The van der Waals surface area contributed by atoms with Gasteiger partial charge in [0.15, 0.2) is 0 Å². The van der Waals surface area contributed by atoms with Gasteiger partial charge in [0, 0.05) is 5.69 Å². The second kappa shape index (κ2) is 8.83. The molecule has 0 aliphatic carbocycles. The summed E-state index contributed by atoms with van der Waals surface area (Å²) in [6, 6.07) is 24.9. The third-order valence-corrected chi connectivity index (χ3v) is 5.81. The topological polar surface area (TPSA) is 49.4 Å². The number of nitrogens with zero attached hydrogens (tertiary/aromatic N) is 1. The van der Waals surface area contributed by atoms with Gasteiger partial charge in [-0.3, -0.25) is 9.59 Å². The number of hydrogen-bond acceptors (Lipinski definition) is 3. The molecule has 3 aromatic carbocycles. The molecule has 162 valence electrons. The van der Waals surface area contributed by atoms with Gasteiger partial charge in [0.2, 0.25) is 0 Å². The molecular formula is C28H28N2O2. The summed E-state index contributed by atoms with van der Waals surface area (Å²) in [5.41, 5.74) is 5.12. The number of rotatable bonds is 6. The predicted molar refractivity (Wildman–Crippen MR) is 131 cm³/mol. The van der Waals surface area contributed by atoms with Crippen molar-refractivity contribution in [1.82, 2.24) is 0 Å². The Labute approximate surface area is 189 Å². The van der Waals surface area contributed by atoms with Crippen molar-refractivity contribution in [2.24, 2.45) is 0 Å². The van der Waals surface area contributed by atoms with Crippen LogP contribution in [-0.2, 0) is 9.59 Å². The molecular weight excluding hydrogens is 396 g/mol. The molecule has 0 bridgehead atoms. The van der Waals surface area contributed by atoms with Crippen LogP contribution in [0.15, 0.2) is 84.6 Å². The molecule has 1 heterocycles. The van der Waals surface area contributed by atoms with Crippen molar-refractivity contribution in [3.63, 3.8) is 0 Å². The Hall–Kier alpha value is -3.66. The van der Waals surface area contributed by atoms with E-state index in [1.807, 2.05) is 78.9 Å². The van der Waals surface area contributed by atoms with E-state index in [9.17, 15) is 9.59 Å². The lowest BCUT2D eigenvalue weighted by atomic mass is 10.0. The zero-order valence-corrected chi connectivity index (χ0v) is 18.9. The molecule has 1 aliphatic heterocycles. The van der Waals surface area contributed by atoms with Gasteiger partial charge in [-0.15, -0.1) is 0 Å². The average molecular weight is 425 g/mol. The lowest BCUT2D eigenvalue weighted by Gasteiger charge is -2.16. The van der Waals surface area contributed by atoms with E-state index in [1.165, 1.54) is 10.5 Å². The lowest BCUT2D eigenvalue weighted by Crippen LogP contribution is -2.32. The minimum absolute atomic E-state index is 0.298. The summed E-state index contributed by atoms with van der Waals surface area (Å²) in [6.45, 7) is 8.51. The van der Waals surface area contributed by atoms with Crippen LogP contribution in [0.5, 0.6) is 0 Å². The predicted octanol–water partition coefficient (Wildman–Crippen LogP) is 6.33. The van der Waals surface area contributed by atoms with Crippen LogP contribution in [-0.4, -0.2) is 11.8 Å². The van der Waals surface area contributed by atoms with Crippen LogP contribution in [0.2, 0.25) is 0 Å². The number of imide groups is 1. The first-order valence-electron chi connectivity index (χ1n) is 11.0. The van der Waals surface area contributed by atoms with Gasteiger partial charge in [-0.05, 0) is 52.8 Å². The highest BCUT2D eigenvalue weighted by atomic mass is 16.2. The largest absolute Gasteiger partial charge is 0.350 e. The normalized spacial score (nSPS) is 14.1. The van der Waals surface area contributed by atoms with Crippen molar-refractivity contribution in [2.75, 3.05) is 10.2 Å². The first-order chi connectivity index (χ1) is 15.4. The van der Waals surface area contributed by atoms with Gasteiger partial charge >= 0.3 is 0 Å². The van der Waals surface area contributed by atoms with E-state index in [2.05, 4.69) is 33.0 Å². The highest BCUT2D eigenvalue weighted by Crippen LogP contribution is 2.34. The molecule has 1 N–H and O–H groups in total. The molecule has 0 saturated heterocycles. The van der Waals surface area contributed by atoms with E-state index in [1.54, 1.807) is 0 Å². The quantitative estimate of drug-likeness (QED) is 0.470. The Balaban J connectivity index is 1.73. The second-order valence-corrected chi connectivity index (χ2v) is 8.71. The fourth-order valence-electron chi connectivity index (χ4n) is 3.86. The van der Waals surface area contributed by atoms with Crippen molar-refractivity contribution in [2.45, 2.75) is 39.5 Å². The molecule has 4 heteroatoms. The highest BCUT2D eigenvalue weighted by Gasteiger charge is 2.40. The van der Waals surface area contributed by atoms with Gasteiger partial charge in [-0.1, -0.05) is 82.3 Å². The van der Waals surface area contributed by atoms with Crippen molar-refractivity contribution in [3.05, 3.63) is 101 Å². The van der Waals surface area contributed by atoms with Crippen molar-refractivity contribution in [3.8, 4) is 0 Å². The zero-order valence-electron chi connectivity index (χ0n) is 18.9. The van der Waals surface area contributed by atoms with E-state index in [-0.39, 0.29) is 11.8 Å². The SMILES string of the molecule is CC(C)c1ccc(NC2=C(c3ccccc3)C(=O)N(c3ccc(C(C)C)cc3)C2=O)cc1. The summed E-state index contributed by atoms with van der Waals surface area (Å²) >= 11 is 0. The Bertz CT molecular complexity index is 1160. The Morgan fingerprint density at radius 3 is 1.72 bits per heavy atom. The van der Waals surface area contributed by atoms with E-state index >= 15 is 0 Å². The maximum absolute atomic E-state index is 13.5. The van der Waals surface area contributed by atoms with E-state index in [0.29, 0.717) is 34.4 Å². The number of hydrogen-bond donors (Lipinski definition) is 1. The molecule has 4 nitrogen and oxygen atoms in total. The molecule has 0 unspecified atom stereocenters. The molecule has 32 heavy (non-hydrogen) atoms. The molecule has 0 aromatic heterocycles. The summed E-state index contributed by atoms with van der Waals surface area (Å²) in [6.07, 6.45) is 0. The number of anilines is 2. The van der Waals surface area contributed by atoms with Crippen molar-refractivity contribution < 1.29 is 9.59 Å². The maximum Gasteiger partial charge on any atom is 0.282 e. The van der Waals surface area contributed by atoms with Gasteiger partial charge < -0.3 is 5.32 Å². The first-order valence-corrected chi connectivity index (χ1v) is 11.0. The van der Waals surface area contributed by atoms with Crippen LogP contribution in [0.1, 0.15) is 56.2 Å². The Morgan fingerprint density at radius 2 is 1.19 bits per heavy atom. The summed E-state index contributed by atoms with van der Waals surface area (Å²) in [4.78, 5) is 28.2. The number of nitrogens with one attached hydrogen (secondary N) is 1. The summed E-state index contributed by atoms with van der Waals surface area (Å²) in [7, 11) is 0. The second-order valence-electron chi connectivity index (χ2n) is 8.71. The van der Waals surface area contributed by atoms with Gasteiger partial charge in [0.25, 0.3) is 11.8 Å². The van der Waals surface area contributed by atoms with Gasteiger partial charge in [0.05, 0.1) is 11.3 Å². The van der Waals surface area contributed by atoms with Crippen LogP contribution >= 0.6 is 0 Å². The fourth-order valence-corrected chi connectivity index (χ4v) is 3.86. The van der Waals surface area contributed by atoms with E-state index in [0.717, 1.165) is 11.3 Å². The number of amides is 2. The third kappa shape index (κ3) is 4.09. The molecule has 0 spiro atoms. The highest BCUT2D eigenvalue weighted by molar-refractivity contribution is 6.46. The van der Waals surface area contributed by atoms with Crippen molar-refractivity contribution >= 4 is 28.8 Å². The van der Waals surface area contributed by atoms with Crippen LogP contribution in [0, 0.1) is 0 Å². The van der Waals surface area contributed by atoms with Crippen LogP contribution in [0.4, 0.5) is 11.4 Å². The summed E-state index contributed by atoms with van der Waals surface area (Å²) in [5, 5.41) is 3.23. The average Bonchev–Trinajstić information content (AvgIpc) is 3.04. The molecule has 0 atom stereocenters. The van der Waals surface area contributed by atoms with E-state index < -0.39 is 0 Å². The van der Waals surface area contributed by atoms with Crippen molar-refractivity contribution in [1.29, 1.82) is 0 Å². The van der Waals surface area contributed by atoms with Crippen LogP contribution in [0.25, 0.3) is 5.57 Å². The molecule has 2 amide bonds. The molecule has 1 aliphatic rings. The molecule has 0 saturated carbocycles. The van der Waals surface area contributed by atoms with Gasteiger partial charge in [0.1, 0.15) is 5.70 Å². The molecule has 0 radical (unpaired) electrons. The van der Waals surface area contributed by atoms with Crippen LogP contribution < -0.4 is 10.2 Å². The zero-order chi connectivity index (χ0) is 22.8. The number of carbonyl (C=O) groups is 2. The van der Waals surface area contributed by atoms with E-state index in [4.69, 9.17) is 0 Å². The number of benzene rings is 3. The monoisotopic (exact) mass is 424 g/mol. The lowest BCUT2D eigenvalue weighted by molar-refractivity contribution is -0.120. The minimum atomic E-state index is -0.348. The minimum Gasteiger partial charge on any atom is -0.350 e.